The maximum Gasteiger partial charge on any atom is 0.110 e. The Kier molecular flexibility index (Phi) is 8.39. The van der Waals surface area contributed by atoms with Crippen molar-refractivity contribution in [2.45, 2.75) is 64.9 Å². The summed E-state index contributed by atoms with van der Waals surface area (Å²) in [4.78, 5) is 0. The third kappa shape index (κ3) is 5.10. The van der Waals surface area contributed by atoms with Crippen molar-refractivity contribution in [3.63, 3.8) is 0 Å². The van der Waals surface area contributed by atoms with Crippen LogP contribution in [0.3, 0.4) is 0 Å². The number of hydrogen-bond acceptors (Lipinski definition) is 1. The van der Waals surface area contributed by atoms with Crippen LogP contribution in [0.15, 0.2) is 30.3 Å². The van der Waals surface area contributed by atoms with Gasteiger partial charge in [0, 0.05) is 6.17 Å². The van der Waals surface area contributed by atoms with Gasteiger partial charge < -0.3 is 0 Å². The minimum atomic E-state index is -1.13. The Morgan fingerprint density at radius 1 is 1.09 bits per heavy atom. The SMILES string of the molecule is CC.CCS(C)(N[S@@](=O)C(C)(C)c1ccccc1)C(C)(C)C.[HH]. The van der Waals surface area contributed by atoms with Gasteiger partial charge in [-0.25, -0.2) is 4.21 Å². The molecule has 0 aliphatic rings. The molecule has 1 aromatic rings. The number of rotatable bonds is 5. The van der Waals surface area contributed by atoms with Crippen LogP contribution in [0.5, 0.6) is 0 Å². The molecule has 0 bridgehead atoms. The van der Waals surface area contributed by atoms with Crippen molar-refractivity contribution in [1.82, 2.24) is 4.13 Å². The zero-order chi connectivity index (χ0) is 17.6. The first-order valence-corrected chi connectivity index (χ1v) is 11.4. The first kappa shape index (κ1) is 21.7. The van der Waals surface area contributed by atoms with Gasteiger partial charge in [-0.05, 0) is 31.4 Å². The molecule has 0 amide bonds. The van der Waals surface area contributed by atoms with Crippen molar-refractivity contribution < 1.29 is 5.64 Å². The molecule has 0 spiro atoms. The van der Waals surface area contributed by atoms with Gasteiger partial charge in [0.25, 0.3) is 0 Å². The quantitative estimate of drug-likeness (QED) is 0.736. The van der Waals surface area contributed by atoms with E-state index in [0.717, 1.165) is 11.3 Å². The Bertz CT molecular complexity index is 472. The van der Waals surface area contributed by atoms with Gasteiger partial charge in [-0.2, -0.15) is 14.3 Å². The molecule has 0 aliphatic carbocycles. The molecule has 1 aromatic carbocycles. The first-order chi connectivity index (χ1) is 10.0. The first-order valence-electron chi connectivity index (χ1n) is 8.05. The van der Waals surface area contributed by atoms with Gasteiger partial charge in [0.15, 0.2) is 0 Å². The smallest absolute Gasteiger partial charge is 0.110 e. The van der Waals surface area contributed by atoms with Gasteiger partial charge in [0.05, 0.1) is 4.75 Å². The van der Waals surface area contributed by atoms with Crippen LogP contribution in [-0.4, -0.2) is 21.0 Å². The lowest BCUT2D eigenvalue weighted by molar-refractivity contribution is 0.640. The third-order valence-electron chi connectivity index (χ3n) is 4.12. The summed E-state index contributed by atoms with van der Waals surface area (Å²) in [6, 6.07) is 10.1. The number of hydrogen-bond donors (Lipinski definition) is 1. The van der Waals surface area contributed by atoms with Gasteiger partial charge in [0.1, 0.15) is 11.0 Å². The van der Waals surface area contributed by atoms with Crippen molar-refractivity contribution >= 4 is 21.2 Å². The van der Waals surface area contributed by atoms with E-state index in [1.54, 1.807) is 0 Å². The van der Waals surface area contributed by atoms with E-state index in [1.165, 1.54) is 0 Å². The summed E-state index contributed by atoms with van der Waals surface area (Å²) in [6.45, 7) is 17.0. The van der Waals surface area contributed by atoms with E-state index >= 15 is 0 Å². The van der Waals surface area contributed by atoms with Crippen LogP contribution < -0.4 is 4.13 Å². The molecule has 0 saturated carbocycles. The molecule has 132 valence electrons. The van der Waals surface area contributed by atoms with E-state index in [-0.39, 0.29) is 6.17 Å². The highest BCUT2D eigenvalue weighted by Gasteiger charge is 2.37. The van der Waals surface area contributed by atoms with Crippen molar-refractivity contribution in [3.05, 3.63) is 35.9 Å². The average molecular weight is 348 g/mol. The van der Waals surface area contributed by atoms with Gasteiger partial charge in [0.2, 0.25) is 0 Å². The summed E-state index contributed by atoms with van der Waals surface area (Å²) < 4.78 is 16.1. The molecule has 0 fully saturated rings. The van der Waals surface area contributed by atoms with E-state index in [9.17, 15) is 4.21 Å². The second kappa shape index (κ2) is 8.51. The van der Waals surface area contributed by atoms with Crippen LogP contribution in [-0.2, 0) is 15.7 Å². The van der Waals surface area contributed by atoms with Crippen LogP contribution in [0.1, 0.15) is 62.4 Å². The molecule has 2 atom stereocenters. The Hall–Kier alpha value is -0.320. The lowest BCUT2D eigenvalue weighted by Crippen LogP contribution is -2.42. The molecule has 0 aromatic heterocycles. The Balaban J connectivity index is 0. The average Bonchev–Trinajstić information content (AvgIpc) is 2.48. The van der Waals surface area contributed by atoms with E-state index in [0.29, 0.717) is 0 Å². The molecule has 1 rings (SSSR count). The molecule has 22 heavy (non-hydrogen) atoms. The van der Waals surface area contributed by atoms with Crippen LogP contribution in [0.25, 0.3) is 0 Å². The molecular formula is C18H37NOS2. The van der Waals surface area contributed by atoms with Gasteiger partial charge in [-0.3, -0.25) is 0 Å². The molecule has 0 radical (unpaired) electrons. The summed E-state index contributed by atoms with van der Waals surface area (Å²) in [6.07, 6.45) is 2.24. The fraction of sp³-hybridized carbons (Fsp3) is 0.667. The van der Waals surface area contributed by atoms with Gasteiger partial charge in [-0.15, -0.1) is 0 Å². The fourth-order valence-corrected chi connectivity index (χ4v) is 6.69. The lowest BCUT2D eigenvalue weighted by Gasteiger charge is -2.48. The summed E-state index contributed by atoms with van der Waals surface area (Å²) in [5.74, 6) is 1.02. The molecule has 1 N–H and O–H groups in total. The standard InChI is InChI=1S/C16H29NOS2.C2H6.H2/c1-8-20(7,15(2,3)4)17-19(18)16(5,6)14-12-10-9-11-13-14;1-2;/h9-13,17H,8H2,1-7H3;1-2H3;1H/t19-;;/m0../s1. The minimum absolute atomic E-state index is 0. The number of nitrogens with one attached hydrogen (secondary N) is 1. The van der Waals surface area contributed by atoms with E-state index < -0.39 is 25.9 Å². The molecular weight excluding hydrogens is 310 g/mol. The lowest BCUT2D eigenvalue weighted by atomic mass is 10.0. The summed E-state index contributed by atoms with van der Waals surface area (Å²) in [5, 5.41) is 0. The summed E-state index contributed by atoms with van der Waals surface area (Å²) in [7, 11) is -2.24. The molecule has 0 heterocycles. The third-order valence-corrected chi connectivity index (χ3v) is 11.2. The second-order valence-corrected chi connectivity index (χ2v) is 12.9. The van der Waals surface area contributed by atoms with Crippen LogP contribution in [0.4, 0.5) is 0 Å². The minimum Gasteiger partial charge on any atom is -0.241 e. The highest BCUT2D eigenvalue weighted by atomic mass is 32.3. The van der Waals surface area contributed by atoms with Crippen LogP contribution in [0, 0.1) is 0 Å². The second-order valence-electron chi connectivity index (χ2n) is 6.72. The zero-order valence-corrected chi connectivity index (χ0v) is 17.5. The van der Waals surface area contributed by atoms with E-state index in [4.69, 9.17) is 0 Å². The van der Waals surface area contributed by atoms with Crippen molar-refractivity contribution in [1.29, 1.82) is 0 Å². The molecule has 2 nitrogen and oxygen atoms in total. The van der Waals surface area contributed by atoms with E-state index in [2.05, 4.69) is 50.2 Å². The zero-order valence-electron chi connectivity index (χ0n) is 15.8. The van der Waals surface area contributed by atoms with Gasteiger partial charge in [-0.1, -0.05) is 71.9 Å². The highest BCUT2D eigenvalue weighted by Crippen LogP contribution is 2.53. The van der Waals surface area contributed by atoms with Crippen LogP contribution in [0.2, 0.25) is 0 Å². The van der Waals surface area contributed by atoms with Gasteiger partial charge >= 0.3 is 0 Å². The predicted octanol–water partition coefficient (Wildman–Crippen LogP) is 5.62. The summed E-state index contributed by atoms with van der Waals surface area (Å²) in [5.41, 5.74) is 1.11. The monoisotopic (exact) mass is 347 g/mol. The Morgan fingerprint density at radius 2 is 1.55 bits per heavy atom. The summed E-state index contributed by atoms with van der Waals surface area (Å²) >= 11 is 0. The molecule has 0 saturated heterocycles. The molecule has 4 heteroatoms. The largest absolute Gasteiger partial charge is 0.241 e. The van der Waals surface area contributed by atoms with Crippen LogP contribution >= 0.6 is 10.2 Å². The maximum absolute atomic E-state index is 12.9. The predicted molar refractivity (Wildman–Crippen MR) is 108 cm³/mol. The van der Waals surface area contributed by atoms with Crippen molar-refractivity contribution in [2.75, 3.05) is 12.0 Å². The molecule has 0 aliphatic heterocycles. The maximum atomic E-state index is 12.9. The van der Waals surface area contributed by atoms with Crippen molar-refractivity contribution in [3.8, 4) is 0 Å². The Labute approximate surface area is 144 Å². The number of benzene rings is 1. The fourth-order valence-electron chi connectivity index (χ4n) is 1.83. The molecule has 1 unspecified atom stereocenters. The normalized spacial score (nSPS) is 17.7. The Morgan fingerprint density at radius 3 is 1.91 bits per heavy atom. The van der Waals surface area contributed by atoms with Crippen molar-refractivity contribution in [2.24, 2.45) is 0 Å². The highest BCUT2D eigenvalue weighted by molar-refractivity contribution is 8.36. The van der Waals surface area contributed by atoms with E-state index in [1.807, 2.05) is 45.9 Å². The topological polar surface area (TPSA) is 29.1 Å².